The normalized spacial score (nSPS) is 17.7. The lowest BCUT2D eigenvalue weighted by Gasteiger charge is -2.11. The van der Waals surface area contributed by atoms with Crippen LogP contribution < -0.4 is 0 Å². The number of carbonyl (C=O) groups is 2. The van der Waals surface area contributed by atoms with Crippen molar-refractivity contribution in [1.29, 1.82) is 0 Å². The van der Waals surface area contributed by atoms with E-state index in [0.29, 0.717) is 57.7 Å². The van der Waals surface area contributed by atoms with Gasteiger partial charge in [0.05, 0.1) is 25.4 Å². The van der Waals surface area contributed by atoms with E-state index in [1.54, 1.807) is 24.9 Å². The maximum Gasteiger partial charge on any atom is 0.305 e. The average Bonchev–Trinajstić information content (AvgIpc) is 3.18. The summed E-state index contributed by atoms with van der Waals surface area (Å²) in [7, 11) is 1.64. The first kappa shape index (κ1) is 33.3. The fourth-order valence-corrected chi connectivity index (χ4v) is 5.46. The molecule has 2 N–H and O–H groups in total. The highest BCUT2D eigenvalue weighted by molar-refractivity contribution is 7.99. The summed E-state index contributed by atoms with van der Waals surface area (Å²) in [4.78, 5) is 24.3. The van der Waals surface area contributed by atoms with E-state index in [9.17, 15) is 19.8 Å². The van der Waals surface area contributed by atoms with Crippen LogP contribution in [0.2, 0.25) is 0 Å². The Bertz CT molecular complexity index is 925. The predicted octanol–water partition coefficient (Wildman–Crippen LogP) is 4.81. The molecular weight excluding hydrogens is 516 g/mol. The van der Waals surface area contributed by atoms with Gasteiger partial charge < -0.3 is 24.4 Å². The van der Waals surface area contributed by atoms with Crippen molar-refractivity contribution in [2.24, 2.45) is 5.92 Å². The van der Waals surface area contributed by atoms with E-state index in [-0.39, 0.29) is 24.1 Å². The van der Waals surface area contributed by atoms with Crippen LogP contribution in [0, 0.1) is 5.92 Å². The van der Waals surface area contributed by atoms with E-state index in [0.717, 1.165) is 29.1 Å². The first-order valence-electron chi connectivity index (χ1n) is 14.2. The van der Waals surface area contributed by atoms with Crippen LogP contribution in [0.15, 0.2) is 41.6 Å². The Hall–Kier alpha value is -1.93. The molecule has 2 rings (SSSR count). The molecule has 1 fully saturated rings. The van der Waals surface area contributed by atoms with Crippen molar-refractivity contribution >= 4 is 23.5 Å². The smallest absolute Gasteiger partial charge is 0.305 e. The molecule has 3 atom stereocenters. The lowest BCUT2D eigenvalue weighted by Crippen LogP contribution is -2.12. The molecule has 0 bridgehead atoms. The molecule has 0 amide bonds. The van der Waals surface area contributed by atoms with Gasteiger partial charge in [-0.3, -0.25) is 9.59 Å². The first-order valence-corrected chi connectivity index (χ1v) is 15.3. The number of Topliss-reactive ketones (excluding diaryl/α,β-unsaturated/α-hetero) is 1. The lowest BCUT2D eigenvalue weighted by molar-refractivity contribution is -0.145. The third-order valence-electron chi connectivity index (χ3n) is 6.56. The minimum absolute atomic E-state index is 0.0110. The van der Waals surface area contributed by atoms with Crippen molar-refractivity contribution in [3.8, 4) is 0 Å². The van der Waals surface area contributed by atoms with Gasteiger partial charge in [0.25, 0.3) is 0 Å². The van der Waals surface area contributed by atoms with Crippen molar-refractivity contribution in [1.82, 2.24) is 0 Å². The number of unbranched alkanes of at least 4 members (excludes halogenated alkanes) is 3. The summed E-state index contributed by atoms with van der Waals surface area (Å²) in [6, 6.07) is 7.84. The molecule has 8 heteroatoms. The Morgan fingerprint density at radius 1 is 1.15 bits per heavy atom. The minimum atomic E-state index is -0.851. The second kappa shape index (κ2) is 20.0. The van der Waals surface area contributed by atoms with Crippen molar-refractivity contribution < 1.29 is 34.0 Å². The topological polar surface area (TPSA) is 102 Å². The number of ketones is 1. The van der Waals surface area contributed by atoms with Crippen molar-refractivity contribution in [3.05, 3.63) is 52.8 Å². The Balaban J connectivity index is 1.67. The summed E-state index contributed by atoms with van der Waals surface area (Å²) in [6.07, 6.45) is 6.75. The van der Waals surface area contributed by atoms with Gasteiger partial charge in [0.2, 0.25) is 0 Å². The largest absolute Gasteiger partial charge is 0.463 e. The van der Waals surface area contributed by atoms with Gasteiger partial charge in [0, 0.05) is 44.5 Å². The standard InChI is InChI=1S/C31H46O7S/c1-3-4-5-6-15-37-16-17-38-31(35)11-8-18-39-19-14-28-27(29(33)22-30(28)34)13-12-26(32)21-24-9-7-10-25(20-24)23-36-2/h7,9-10,12,20,26,28-29,32-33H,3-6,8,11,14-19,21-23H2,1-2H3/t13?,26-,28-,29-/m1/s1. The van der Waals surface area contributed by atoms with Crippen molar-refractivity contribution in [3.63, 3.8) is 0 Å². The highest BCUT2D eigenvalue weighted by Crippen LogP contribution is 2.31. The van der Waals surface area contributed by atoms with Crippen LogP contribution in [0.25, 0.3) is 0 Å². The van der Waals surface area contributed by atoms with Crippen LogP contribution in [-0.4, -0.2) is 72.6 Å². The molecule has 1 aromatic rings. The van der Waals surface area contributed by atoms with E-state index < -0.39 is 12.2 Å². The molecule has 0 unspecified atom stereocenters. The Kier molecular flexibility index (Phi) is 17.1. The third-order valence-corrected chi connectivity index (χ3v) is 7.66. The van der Waals surface area contributed by atoms with E-state index in [1.807, 2.05) is 24.3 Å². The number of rotatable bonds is 20. The number of thioether (sulfide) groups is 1. The molecule has 0 aromatic heterocycles. The van der Waals surface area contributed by atoms with E-state index in [2.05, 4.69) is 12.7 Å². The fourth-order valence-electron chi connectivity index (χ4n) is 4.51. The Morgan fingerprint density at radius 3 is 2.77 bits per heavy atom. The Morgan fingerprint density at radius 2 is 1.97 bits per heavy atom. The molecule has 218 valence electrons. The summed E-state index contributed by atoms with van der Waals surface area (Å²) < 4.78 is 15.8. The molecular formula is C31H46O7S. The average molecular weight is 563 g/mol. The molecule has 0 spiro atoms. The molecule has 0 radical (unpaired) electrons. The lowest BCUT2D eigenvalue weighted by atomic mass is 9.98. The van der Waals surface area contributed by atoms with Crippen LogP contribution in [0.5, 0.6) is 0 Å². The SMILES string of the molecule is CCCCCCOCCOC(=O)CCCSCC[C@H]1C(=O)C[C@@H](O)C1=C=C[C@@H](O)Cc1cccc(COC)c1. The van der Waals surface area contributed by atoms with Gasteiger partial charge in [-0.15, -0.1) is 5.73 Å². The number of aliphatic hydroxyl groups excluding tert-OH is 2. The van der Waals surface area contributed by atoms with Gasteiger partial charge in [-0.05, 0) is 48.0 Å². The highest BCUT2D eigenvalue weighted by Gasteiger charge is 2.36. The Labute approximate surface area is 238 Å². The van der Waals surface area contributed by atoms with Crippen molar-refractivity contribution in [2.45, 2.75) is 83.5 Å². The van der Waals surface area contributed by atoms with Crippen molar-refractivity contribution in [2.75, 3.05) is 38.4 Å². The number of benzene rings is 1. The summed E-state index contributed by atoms with van der Waals surface area (Å²) in [5.74, 6) is 0.954. The number of esters is 1. The monoisotopic (exact) mass is 562 g/mol. The molecule has 0 heterocycles. The number of hydrogen-bond donors (Lipinski definition) is 2. The maximum atomic E-state index is 12.5. The summed E-state index contributed by atoms with van der Waals surface area (Å²) in [5.41, 5.74) is 5.62. The van der Waals surface area contributed by atoms with Crippen LogP contribution in [0.3, 0.4) is 0 Å². The van der Waals surface area contributed by atoms with Gasteiger partial charge in [0.1, 0.15) is 12.4 Å². The quantitative estimate of drug-likeness (QED) is 0.133. The van der Waals surface area contributed by atoms with Gasteiger partial charge in [-0.1, -0.05) is 50.5 Å². The number of ether oxygens (including phenoxy) is 3. The van der Waals surface area contributed by atoms with E-state index >= 15 is 0 Å². The predicted molar refractivity (Wildman–Crippen MR) is 155 cm³/mol. The van der Waals surface area contributed by atoms with Crippen LogP contribution in [0.1, 0.15) is 69.4 Å². The van der Waals surface area contributed by atoms with Gasteiger partial charge in [-0.25, -0.2) is 0 Å². The third kappa shape index (κ3) is 13.8. The summed E-state index contributed by atoms with van der Waals surface area (Å²) in [6.45, 7) is 4.14. The number of aliphatic hydroxyl groups is 2. The van der Waals surface area contributed by atoms with Gasteiger partial charge >= 0.3 is 5.97 Å². The number of carbonyl (C=O) groups excluding carboxylic acids is 2. The van der Waals surface area contributed by atoms with E-state index in [1.165, 1.54) is 19.3 Å². The molecule has 1 saturated carbocycles. The molecule has 1 aromatic carbocycles. The fraction of sp³-hybridized carbons (Fsp3) is 0.645. The molecule has 1 aliphatic rings. The van der Waals surface area contributed by atoms with Gasteiger partial charge in [-0.2, -0.15) is 11.8 Å². The van der Waals surface area contributed by atoms with Crippen LogP contribution >= 0.6 is 11.8 Å². The summed E-state index contributed by atoms with van der Waals surface area (Å²) in [5, 5.41) is 20.9. The van der Waals surface area contributed by atoms with Gasteiger partial charge in [0.15, 0.2) is 0 Å². The molecule has 39 heavy (non-hydrogen) atoms. The molecule has 0 saturated heterocycles. The first-order chi connectivity index (χ1) is 18.9. The zero-order valence-corrected chi connectivity index (χ0v) is 24.4. The summed E-state index contributed by atoms with van der Waals surface area (Å²) >= 11 is 1.68. The number of methoxy groups -OCH3 is 1. The van der Waals surface area contributed by atoms with Crippen LogP contribution in [0.4, 0.5) is 0 Å². The second-order valence-corrected chi connectivity index (χ2v) is 11.2. The zero-order chi connectivity index (χ0) is 28.3. The highest BCUT2D eigenvalue weighted by atomic mass is 32.2. The zero-order valence-electron chi connectivity index (χ0n) is 23.6. The minimum Gasteiger partial charge on any atom is -0.463 e. The maximum absolute atomic E-state index is 12.5. The molecule has 7 nitrogen and oxygen atoms in total. The molecule has 1 aliphatic carbocycles. The van der Waals surface area contributed by atoms with E-state index in [4.69, 9.17) is 14.2 Å². The second-order valence-electron chi connectivity index (χ2n) is 9.93. The number of hydrogen-bond acceptors (Lipinski definition) is 8. The van der Waals surface area contributed by atoms with Crippen LogP contribution in [-0.2, 0) is 36.8 Å². The molecule has 0 aliphatic heterocycles.